The lowest BCUT2D eigenvalue weighted by molar-refractivity contribution is -0.112. The van der Waals surface area contributed by atoms with Crippen LogP contribution in [0.4, 0.5) is 133 Å². The average Bonchev–Trinajstić information content (AvgIpc) is 0.996. The summed E-state index contributed by atoms with van der Waals surface area (Å²) in [4.78, 5) is 78.5. The second kappa shape index (κ2) is 46.6. The van der Waals surface area contributed by atoms with Gasteiger partial charge in [0, 0.05) is 93.4 Å². The Hall–Kier alpha value is -15.4. The van der Waals surface area contributed by atoms with Crippen molar-refractivity contribution in [2.45, 2.75) is 38.9 Å². The van der Waals surface area contributed by atoms with Gasteiger partial charge in [-0.1, -0.05) is 87.8 Å². The number of carbonyl (C=O) groups excluding carboxylic acids is 4. The van der Waals surface area contributed by atoms with Gasteiger partial charge in [-0.05, 0) is 176 Å². The average molecular weight is 1760 g/mol. The van der Waals surface area contributed by atoms with Crippen molar-refractivity contribution in [2.24, 2.45) is 0 Å². The van der Waals surface area contributed by atoms with E-state index in [0.717, 1.165) is 91.7 Å². The zero-order valence-electron chi connectivity index (χ0n) is 66.8. The summed E-state index contributed by atoms with van der Waals surface area (Å²) in [6.45, 7) is 16.4. The molecule has 0 radical (unpaired) electrons. The van der Waals surface area contributed by atoms with Gasteiger partial charge in [0.25, 0.3) is 0 Å². The lowest BCUT2D eigenvalue weighted by Gasteiger charge is -2.13. The Morgan fingerprint density at radius 2 is 0.706 bits per heavy atom. The normalized spacial score (nSPS) is 12.8. The highest BCUT2D eigenvalue weighted by molar-refractivity contribution is 7.90. The minimum Gasteiger partial charge on any atom is -0.492 e. The SMILES string of the molecule is C.C=CC(=O)Nc1cccc(Nc2nc(Nc3ccc(Cl)c(OCCCS(C)(=O)=O)c3)ncc2F)c1.C=CC(=O)Nc1cccc(Nc2nc(Nc3ccc(O[C@@H]4CCOC4)cc3)ncc2F)c1.C=CC(=O)Nc1cccc(Nc2nc(Nc3ccc(O[C@H]4CCOC4)cc3)ncc2F)c1.C=CC(=O)Nc1cccc(Nc2nc(Nc3ccccc3)ncc2F)c1. The summed E-state index contributed by atoms with van der Waals surface area (Å²) >= 11 is 6.16. The van der Waals surface area contributed by atoms with Crippen molar-refractivity contribution in [3.63, 3.8) is 0 Å². The van der Waals surface area contributed by atoms with E-state index >= 15 is 0 Å². The van der Waals surface area contributed by atoms with Crippen LogP contribution < -0.4 is 78.0 Å². The van der Waals surface area contributed by atoms with Crippen LogP contribution in [0.15, 0.2) is 270 Å². The Morgan fingerprint density at radius 1 is 0.413 bits per heavy atom. The van der Waals surface area contributed by atoms with Gasteiger partial charge in [-0.3, -0.25) is 19.2 Å². The molecule has 650 valence electrons. The van der Waals surface area contributed by atoms with Gasteiger partial charge in [-0.2, -0.15) is 19.9 Å². The smallest absolute Gasteiger partial charge is 0.247 e. The quantitative estimate of drug-likeness (QED) is 0.0103. The molecule has 14 rings (SSSR count). The van der Waals surface area contributed by atoms with Crippen LogP contribution >= 0.6 is 11.6 Å². The molecule has 126 heavy (non-hydrogen) atoms. The van der Waals surface area contributed by atoms with Gasteiger partial charge in [0.1, 0.15) is 39.3 Å². The lowest BCUT2D eigenvalue weighted by atomic mass is 10.2. The zero-order valence-corrected chi connectivity index (χ0v) is 68.4. The minimum atomic E-state index is -3.08. The molecule has 12 aromatic rings. The summed E-state index contributed by atoms with van der Waals surface area (Å²) in [5.41, 5.74) is 7.06. The lowest BCUT2D eigenvalue weighted by Crippen LogP contribution is -2.15. The van der Waals surface area contributed by atoms with Crippen molar-refractivity contribution in [1.29, 1.82) is 0 Å². The molecule has 2 atom stereocenters. The number of halogens is 5. The predicted molar refractivity (Wildman–Crippen MR) is 482 cm³/mol. The Morgan fingerprint density at radius 3 is 1.02 bits per heavy atom. The molecule has 6 heterocycles. The summed E-state index contributed by atoms with van der Waals surface area (Å²) < 4.78 is 107. The molecule has 31 nitrogen and oxygen atoms in total. The third-order valence-electron chi connectivity index (χ3n) is 17.0. The molecule has 2 saturated heterocycles. The van der Waals surface area contributed by atoms with Crippen LogP contribution in [0, 0.1) is 23.3 Å². The third-order valence-corrected chi connectivity index (χ3v) is 18.4. The molecular formula is C89H87ClF4N20O11S. The van der Waals surface area contributed by atoms with Crippen molar-refractivity contribution < 1.29 is 68.8 Å². The summed E-state index contributed by atoms with van der Waals surface area (Å²) in [6.07, 6.45) is 12.3. The molecule has 8 aromatic carbocycles. The highest BCUT2D eigenvalue weighted by Gasteiger charge is 2.21. The molecule has 4 aromatic heterocycles. The summed E-state index contributed by atoms with van der Waals surface area (Å²) in [5, 5.41) is 34.5. The number of amides is 4. The monoisotopic (exact) mass is 1750 g/mol. The maximum atomic E-state index is 14.4. The number of nitrogens with zero attached hydrogens (tertiary/aromatic N) is 8. The first kappa shape index (κ1) is 92.9. The highest BCUT2D eigenvalue weighted by Crippen LogP contribution is 2.33. The Bertz CT molecular complexity index is 5720. The molecule has 0 saturated carbocycles. The second-order valence-electron chi connectivity index (χ2n) is 26.8. The molecule has 0 spiro atoms. The number of sulfone groups is 1. The van der Waals surface area contributed by atoms with Crippen LogP contribution in [0.2, 0.25) is 5.02 Å². The van der Waals surface area contributed by atoms with Gasteiger partial charge in [-0.25, -0.2) is 45.9 Å². The molecule has 0 unspecified atom stereocenters. The van der Waals surface area contributed by atoms with Crippen molar-refractivity contribution in [3.05, 3.63) is 298 Å². The van der Waals surface area contributed by atoms with Gasteiger partial charge in [0.2, 0.25) is 47.4 Å². The van der Waals surface area contributed by atoms with E-state index in [0.29, 0.717) is 81.6 Å². The van der Waals surface area contributed by atoms with Crippen LogP contribution in [0.5, 0.6) is 17.2 Å². The molecule has 2 fully saturated rings. The standard InChI is InChI=1S/C23H23ClFN5O4S.2C23H22FN5O3.C19H16FN5O.CH4/c1-3-21(31)27-15-6-4-7-16(12-15)28-22-19(25)14-26-23(30-22)29-17-8-9-18(24)20(13-17)34-10-5-11-35(2,32)33;2*1-2-21(30)26-16-4-3-5-17(12-16)27-22-20(24)13-25-23(29-22)28-15-6-8-18(9-7-15)32-19-10-11-31-14-19;1-2-17(26)22-14-9-6-10-15(11-14)23-18-16(20)12-21-19(25-18)24-13-7-4-3-5-8-13;/h3-4,6-9,12-14H,1,5,10-11H2,2H3,(H,27,31)(H2,26,28,29,30);2*2-9,12-13,19H,1,10-11,14H2,(H,26,30)(H2,25,27,28,29);2-12H,1H2,(H,22,26)(H2,21,23,24,25);1H4/t;2*19-;;/m.10../s1. The largest absolute Gasteiger partial charge is 0.492 e. The number of rotatable bonds is 33. The first-order valence-corrected chi connectivity index (χ1v) is 40.6. The van der Waals surface area contributed by atoms with E-state index < -0.39 is 33.1 Å². The highest BCUT2D eigenvalue weighted by atomic mass is 35.5. The van der Waals surface area contributed by atoms with Crippen molar-refractivity contribution >= 4 is 160 Å². The number of hydrogen-bond acceptors (Lipinski definition) is 27. The Labute approximate surface area is 728 Å². The molecule has 12 N–H and O–H groups in total. The summed E-state index contributed by atoms with van der Waals surface area (Å²) in [6, 6.07) is 56.0. The topological polar surface area (TPSA) is 396 Å². The number of carbonyl (C=O) groups is 4. The van der Waals surface area contributed by atoms with E-state index in [-0.39, 0.29) is 103 Å². The van der Waals surface area contributed by atoms with Gasteiger partial charge in [-0.15, -0.1) is 0 Å². The van der Waals surface area contributed by atoms with Crippen molar-refractivity contribution in [2.75, 3.05) is 109 Å². The van der Waals surface area contributed by atoms with Crippen LogP contribution in [0.1, 0.15) is 26.7 Å². The van der Waals surface area contributed by atoms with E-state index in [1.807, 2.05) is 78.9 Å². The predicted octanol–water partition coefficient (Wildman–Crippen LogP) is 18.3. The Kier molecular flexibility index (Phi) is 34.3. The number of hydrogen-bond donors (Lipinski definition) is 12. The first-order chi connectivity index (χ1) is 60.4. The van der Waals surface area contributed by atoms with Crippen LogP contribution in [0.25, 0.3) is 0 Å². The molecule has 2 aliphatic rings. The van der Waals surface area contributed by atoms with E-state index in [9.17, 15) is 45.2 Å². The van der Waals surface area contributed by atoms with Crippen molar-refractivity contribution in [1.82, 2.24) is 39.9 Å². The molecule has 0 bridgehead atoms. The van der Waals surface area contributed by atoms with E-state index in [4.69, 9.17) is 35.3 Å². The summed E-state index contributed by atoms with van der Waals surface area (Å²) in [5.74, 6) is -1.28. The molecule has 4 amide bonds. The van der Waals surface area contributed by atoms with Crippen LogP contribution in [-0.4, -0.2) is 129 Å². The number of ether oxygens (including phenoxy) is 5. The van der Waals surface area contributed by atoms with Crippen LogP contribution in [-0.2, 0) is 38.5 Å². The maximum absolute atomic E-state index is 14.4. The fourth-order valence-corrected chi connectivity index (χ4v) is 12.0. The van der Waals surface area contributed by atoms with E-state index in [1.165, 1.54) is 18.2 Å². The number of anilines is 20. The number of para-hydroxylation sites is 1. The molecule has 0 aliphatic carbocycles. The van der Waals surface area contributed by atoms with Gasteiger partial charge in [0.15, 0.2) is 46.5 Å². The molecule has 2 aliphatic heterocycles. The van der Waals surface area contributed by atoms with Crippen molar-refractivity contribution in [3.8, 4) is 17.2 Å². The minimum absolute atomic E-state index is 0. The number of benzene rings is 8. The number of aromatic nitrogens is 8. The van der Waals surface area contributed by atoms with Gasteiger partial charge >= 0.3 is 0 Å². The fourth-order valence-electron chi connectivity index (χ4n) is 11.1. The Balaban J connectivity index is 0.000000176. The number of nitrogens with one attached hydrogen (secondary N) is 12. The third kappa shape index (κ3) is 30.3. The van der Waals surface area contributed by atoms with Gasteiger partial charge in [0.05, 0.1) is 68.6 Å². The van der Waals surface area contributed by atoms with Gasteiger partial charge < -0.3 is 87.5 Å². The zero-order chi connectivity index (χ0) is 88.5. The molecular weight excluding hydrogens is 1670 g/mol. The maximum Gasteiger partial charge on any atom is 0.247 e. The summed E-state index contributed by atoms with van der Waals surface area (Å²) in [7, 11) is -3.08. The van der Waals surface area contributed by atoms with E-state index in [2.05, 4.69) is 130 Å². The molecule has 37 heteroatoms. The first-order valence-electron chi connectivity index (χ1n) is 38.2. The second-order valence-corrected chi connectivity index (χ2v) is 29.4. The fraction of sp³-hybridized carbons (Fsp3) is 0.146. The van der Waals surface area contributed by atoms with Crippen LogP contribution in [0.3, 0.4) is 0 Å². The van der Waals surface area contributed by atoms with E-state index in [1.54, 1.807) is 115 Å².